The van der Waals surface area contributed by atoms with Crippen molar-refractivity contribution in [2.75, 3.05) is 13.7 Å². The summed E-state index contributed by atoms with van der Waals surface area (Å²) in [5.41, 5.74) is 2.29. The van der Waals surface area contributed by atoms with Gasteiger partial charge >= 0.3 is 6.03 Å². The molecule has 0 bridgehead atoms. The van der Waals surface area contributed by atoms with Crippen molar-refractivity contribution in [3.8, 4) is 5.75 Å². The number of hydrogen-bond donors (Lipinski definition) is 1. The number of nitrogens with one attached hydrogen (secondary N) is 1. The third-order valence-electron chi connectivity index (χ3n) is 4.27. The molecule has 0 spiro atoms. The van der Waals surface area contributed by atoms with Crippen molar-refractivity contribution in [1.29, 1.82) is 0 Å². The Kier molecular flexibility index (Phi) is 5.71. The fourth-order valence-electron chi connectivity index (χ4n) is 2.87. The molecule has 2 amide bonds. The first-order chi connectivity index (χ1) is 13.1. The first kappa shape index (κ1) is 18.5. The summed E-state index contributed by atoms with van der Waals surface area (Å²) in [5, 5.41) is 2.88. The van der Waals surface area contributed by atoms with Crippen LogP contribution >= 0.6 is 0 Å². The minimum Gasteiger partial charge on any atom is -0.494 e. The number of ketones is 1. The highest BCUT2D eigenvalue weighted by atomic mass is 16.5. The van der Waals surface area contributed by atoms with E-state index in [2.05, 4.69) is 5.32 Å². The molecule has 0 aliphatic carbocycles. The summed E-state index contributed by atoms with van der Waals surface area (Å²) in [6, 6.07) is 16.3. The van der Waals surface area contributed by atoms with E-state index < -0.39 is 6.04 Å². The van der Waals surface area contributed by atoms with Gasteiger partial charge in [-0.15, -0.1) is 0 Å². The molecular formula is C22H22N2O3. The Balaban J connectivity index is 1.82. The molecule has 1 aliphatic heterocycles. The third-order valence-corrected chi connectivity index (χ3v) is 4.27. The molecule has 1 N–H and O–H groups in total. The molecule has 5 heteroatoms. The molecule has 0 unspecified atom stereocenters. The predicted octanol–water partition coefficient (Wildman–Crippen LogP) is 3.95. The monoisotopic (exact) mass is 362 g/mol. The second-order valence-electron chi connectivity index (χ2n) is 6.19. The zero-order chi connectivity index (χ0) is 19.2. The van der Waals surface area contributed by atoms with Crippen LogP contribution in [0.25, 0.3) is 6.08 Å². The van der Waals surface area contributed by atoms with Crippen LogP contribution in [0.2, 0.25) is 0 Å². The Morgan fingerprint density at radius 3 is 2.52 bits per heavy atom. The van der Waals surface area contributed by atoms with E-state index >= 15 is 0 Å². The molecule has 1 atom stereocenters. The highest BCUT2D eigenvalue weighted by Crippen LogP contribution is 2.26. The maximum Gasteiger partial charge on any atom is 0.321 e. The Morgan fingerprint density at radius 1 is 1.15 bits per heavy atom. The number of amides is 2. The summed E-state index contributed by atoms with van der Waals surface area (Å²) in [5.74, 6) is 0.647. The summed E-state index contributed by atoms with van der Waals surface area (Å²) in [4.78, 5) is 26.2. The van der Waals surface area contributed by atoms with Crippen molar-refractivity contribution in [2.45, 2.75) is 13.0 Å². The lowest BCUT2D eigenvalue weighted by Crippen LogP contribution is -2.43. The quantitative estimate of drug-likeness (QED) is 0.792. The fourth-order valence-corrected chi connectivity index (χ4v) is 2.87. The van der Waals surface area contributed by atoms with Gasteiger partial charge in [-0.1, -0.05) is 48.5 Å². The molecule has 0 fully saturated rings. The average molecular weight is 362 g/mol. The normalized spacial score (nSPS) is 16.8. The van der Waals surface area contributed by atoms with Gasteiger partial charge < -0.3 is 15.0 Å². The van der Waals surface area contributed by atoms with Crippen molar-refractivity contribution in [1.82, 2.24) is 10.2 Å². The van der Waals surface area contributed by atoms with Gasteiger partial charge in [0, 0.05) is 18.8 Å². The van der Waals surface area contributed by atoms with Crippen molar-refractivity contribution >= 4 is 17.9 Å². The zero-order valence-electron chi connectivity index (χ0n) is 15.4. The van der Waals surface area contributed by atoms with E-state index in [0.717, 1.165) is 16.9 Å². The highest BCUT2D eigenvalue weighted by Gasteiger charge is 2.29. The first-order valence-electron chi connectivity index (χ1n) is 8.83. The van der Waals surface area contributed by atoms with E-state index in [1.165, 1.54) is 11.0 Å². The highest BCUT2D eigenvalue weighted by molar-refractivity contribution is 6.08. The minimum atomic E-state index is -0.465. The lowest BCUT2D eigenvalue weighted by molar-refractivity contribution is -0.111. The van der Waals surface area contributed by atoms with Gasteiger partial charge in [-0.2, -0.15) is 0 Å². The molecule has 27 heavy (non-hydrogen) atoms. The van der Waals surface area contributed by atoms with E-state index in [9.17, 15) is 9.59 Å². The minimum absolute atomic E-state index is 0.149. The van der Waals surface area contributed by atoms with Crippen LogP contribution in [0.1, 0.15) is 24.1 Å². The van der Waals surface area contributed by atoms with Crippen molar-refractivity contribution < 1.29 is 14.3 Å². The smallest absolute Gasteiger partial charge is 0.321 e. The van der Waals surface area contributed by atoms with Crippen LogP contribution in [0, 0.1) is 0 Å². The summed E-state index contributed by atoms with van der Waals surface area (Å²) in [7, 11) is 1.62. The van der Waals surface area contributed by atoms with E-state index in [4.69, 9.17) is 4.74 Å². The molecule has 0 saturated carbocycles. The summed E-state index contributed by atoms with van der Waals surface area (Å²) < 4.78 is 5.42. The number of hydrogen-bond acceptors (Lipinski definition) is 3. The number of benzene rings is 2. The molecule has 5 nitrogen and oxygen atoms in total. The fraction of sp³-hybridized carbons (Fsp3) is 0.182. The number of allylic oxidation sites excluding steroid dienone is 1. The van der Waals surface area contributed by atoms with Gasteiger partial charge in [-0.3, -0.25) is 4.79 Å². The number of carbonyl (C=O) groups excluding carboxylic acids is 2. The van der Waals surface area contributed by atoms with Crippen molar-refractivity contribution in [3.05, 3.63) is 83.6 Å². The lowest BCUT2D eigenvalue weighted by Gasteiger charge is -2.29. The van der Waals surface area contributed by atoms with Gasteiger partial charge in [-0.05, 0) is 36.3 Å². The molecule has 0 radical (unpaired) electrons. The Bertz CT molecular complexity index is 870. The summed E-state index contributed by atoms with van der Waals surface area (Å²) in [6.07, 6.45) is 4.89. The molecule has 138 valence electrons. The van der Waals surface area contributed by atoms with E-state index in [0.29, 0.717) is 12.2 Å². The van der Waals surface area contributed by atoms with Crippen LogP contribution in [-0.2, 0) is 4.79 Å². The molecule has 2 aromatic rings. The molecule has 1 aliphatic rings. The third kappa shape index (κ3) is 4.44. The van der Waals surface area contributed by atoms with Crippen LogP contribution in [0.3, 0.4) is 0 Å². The van der Waals surface area contributed by atoms with Gasteiger partial charge in [0.2, 0.25) is 0 Å². The standard InChI is InChI=1S/C22H22N2O3/c1-3-27-18-12-9-16(10-13-18)11-14-20(25)19-15-24(2)22(26)23-21(19)17-7-5-4-6-8-17/h4-15,21H,3H2,1-2H3,(H,23,26)/t21-/m0/s1. The Hall–Kier alpha value is -3.34. The van der Waals surface area contributed by atoms with Crippen LogP contribution in [-0.4, -0.2) is 30.4 Å². The van der Waals surface area contributed by atoms with Gasteiger partial charge in [0.1, 0.15) is 5.75 Å². The van der Waals surface area contributed by atoms with Crippen molar-refractivity contribution in [3.63, 3.8) is 0 Å². The van der Waals surface area contributed by atoms with E-state index in [-0.39, 0.29) is 11.8 Å². The Morgan fingerprint density at radius 2 is 1.85 bits per heavy atom. The van der Waals surface area contributed by atoms with Crippen molar-refractivity contribution in [2.24, 2.45) is 0 Å². The van der Waals surface area contributed by atoms with Gasteiger partial charge in [-0.25, -0.2) is 4.79 Å². The summed E-state index contributed by atoms with van der Waals surface area (Å²) in [6.45, 7) is 2.55. The molecule has 1 heterocycles. The molecule has 3 rings (SSSR count). The van der Waals surface area contributed by atoms with Crippen LogP contribution in [0.15, 0.2) is 72.4 Å². The molecule has 2 aromatic carbocycles. The van der Waals surface area contributed by atoms with E-state index in [1.54, 1.807) is 19.3 Å². The van der Waals surface area contributed by atoms with E-state index in [1.807, 2.05) is 61.5 Å². The van der Waals surface area contributed by atoms with Gasteiger partial charge in [0.15, 0.2) is 5.78 Å². The predicted molar refractivity (Wildman–Crippen MR) is 105 cm³/mol. The van der Waals surface area contributed by atoms with Crippen LogP contribution in [0.5, 0.6) is 5.75 Å². The largest absolute Gasteiger partial charge is 0.494 e. The van der Waals surface area contributed by atoms with Gasteiger partial charge in [0.05, 0.1) is 12.6 Å². The zero-order valence-corrected chi connectivity index (χ0v) is 15.4. The number of carbonyl (C=O) groups is 2. The number of ether oxygens (including phenoxy) is 1. The lowest BCUT2D eigenvalue weighted by atomic mass is 9.94. The van der Waals surface area contributed by atoms with Crippen LogP contribution in [0.4, 0.5) is 4.79 Å². The molecule has 0 aromatic heterocycles. The second kappa shape index (κ2) is 8.36. The number of nitrogens with zero attached hydrogens (tertiary/aromatic N) is 1. The Labute approximate surface area is 158 Å². The maximum atomic E-state index is 12.8. The van der Waals surface area contributed by atoms with Crippen LogP contribution < -0.4 is 10.1 Å². The molecular weight excluding hydrogens is 340 g/mol. The SMILES string of the molecule is CCOc1ccc(C=CC(=O)C2=CN(C)C(=O)N[C@H]2c2ccccc2)cc1. The second-order valence-corrected chi connectivity index (χ2v) is 6.19. The number of urea groups is 1. The topological polar surface area (TPSA) is 58.6 Å². The first-order valence-corrected chi connectivity index (χ1v) is 8.83. The summed E-state index contributed by atoms with van der Waals surface area (Å²) >= 11 is 0. The maximum absolute atomic E-state index is 12.8. The average Bonchev–Trinajstić information content (AvgIpc) is 2.70. The molecule has 0 saturated heterocycles. The number of rotatable bonds is 6. The van der Waals surface area contributed by atoms with Gasteiger partial charge in [0.25, 0.3) is 0 Å².